The van der Waals surface area contributed by atoms with Gasteiger partial charge in [-0.3, -0.25) is 0 Å². The second-order valence-electron chi connectivity index (χ2n) is 11.2. The molecule has 0 saturated carbocycles. The lowest BCUT2D eigenvalue weighted by atomic mass is 10.3. The topological polar surface area (TPSA) is 104 Å². The van der Waals surface area contributed by atoms with Gasteiger partial charge in [0.15, 0.2) is 0 Å². The Morgan fingerprint density at radius 2 is 0.489 bits per heavy atom. The third-order valence-corrected chi connectivity index (χ3v) is 6.83. The first-order chi connectivity index (χ1) is 22.1. The molecule has 0 saturated heterocycles. The molecular formula is C33H66N6O6. The van der Waals surface area contributed by atoms with Gasteiger partial charge in [0.05, 0.1) is 39.6 Å². The second kappa shape index (κ2) is 29.6. The molecule has 1 aromatic heterocycles. The highest BCUT2D eigenvalue weighted by molar-refractivity contribution is 5.40. The number of hydrogen-bond acceptors (Lipinski definition) is 12. The van der Waals surface area contributed by atoms with Gasteiger partial charge in [-0.1, -0.05) is 134 Å². The van der Waals surface area contributed by atoms with Crippen LogP contribution in [0.1, 0.15) is 157 Å². The van der Waals surface area contributed by atoms with E-state index in [-0.39, 0.29) is 17.8 Å². The van der Waals surface area contributed by atoms with E-state index < -0.39 is 0 Å². The Morgan fingerprint density at radius 3 is 0.644 bits per heavy atom. The predicted molar refractivity (Wildman–Crippen MR) is 180 cm³/mol. The summed E-state index contributed by atoms with van der Waals surface area (Å²) in [5.41, 5.74) is 0. The van der Waals surface area contributed by atoms with Crippen molar-refractivity contribution in [2.24, 2.45) is 0 Å². The Balaban J connectivity index is 3.49. The third-order valence-electron chi connectivity index (χ3n) is 6.83. The molecule has 0 aliphatic rings. The van der Waals surface area contributed by atoms with Crippen molar-refractivity contribution in [1.29, 1.82) is 0 Å². The third kappa shape index (κ3) is 20.1. The van der Waals surface area contributed by atoms with Crippen LogP contribution in [0.2, 0.25) is 0 Å². The molecule has 1 aromatic rings. The van der Waals surface area contributed by atoms with Crippen molar-refractivity contribution in [2.75, 3.05) is 55.3 Å². The van der Waals surface area contributed by atoms with Crippen molar-refractivity contribution < 1.29 is 29.0 Å². The lowest BCUT2D eigenvalue weighted by Crippen LogP contribution is -2.33. The molecule has 1 heterocycles. The van der Waals surface area contributed by atoms with Gasteiger partial charge in [-0.05, 0) is 38.5 Å². The fourth-order valence-electron chi connectivity index (χ4n) is 4.04. The summed E-state index contributed by atoms with van der Waals surface area (Å²) in [6, 6.07) is 0. The van der Waals surface area contributed by atoms with E-state index in [1.165, 1.54) is 15.7 Å². The number of anilines is 3. The molecule has 45 heavy (non-hydrogen) atoms. The molecular weight excluding hydrogens is 576 g/mol. The summed E-state index contributed by atoms with van der Waals surface area (Å²) < 4.78 is 0. The van der Waals surface area contributed by atoms with Crippen molar-refractivity contribution in [3.05, 3.63) is 0 Å². The molecule has 264 valence electrons. The zero-order chi connectivity index (χ0) is 32.8. The molecule has 0 spiro atoms. The van der Waals surface area contributed by atoms with E-state index >= 15 is 0 Å². The summed E-state index contributed by atoms with van der Waals surface area (Å²) in [5, 5.41) is 3.91. The molecule has 0 atom stereocenters. The summed E-state index contributed by atoms with van der Waals surface area (Å²) in [6.07, 6.45) is 18.1. The standard InChI is InChI=1S/C33H66N6O6/c1-7-13-19-25-40-37(41-26-20-14-8-2)31-34-32(38(42-27-21-15-9-3)43-28-22-16-10-4)36-33(35-31)39(44-29-23-17-11-5)45-30-24-18-12-6/h7-30H2,1-6H3. The minimum atomic E-state index is 0.168. The molecule has 1 rings (SSSR count). The van der Waals surface area contributed by atoms with Crippen LogP contribution in [0, 0.1) is 0 Å². The Bertz CT molecular complexity index is 648. The maximum atomic E-state index is 6.09. The first-order valence-electron chi connectivity index (χ1n) is 18.1. The summed E-state index contributed by atoms with van der Waals surface area (Å²) in [6.45, 7) is 15.8. The lowest BCUT2D eigenvalue weighted by Gasteiger charge is -2.26. The number of hydrogen-bond donors (Lipinski definition) is 0. The van der Waals surface area contributed by atoms with E-state index in [1.807, 2.05) is 0 Å². The second-order valence-corrected chi connectivity index (χ2v) is 11.2. The average molecular weight is 643 g/mol. The highest BCUT2D eigenvalue weighted by atomic mass is 17.0. The van der Waals surface area contributed by atoms with Crippen molar-refractivity contribution in [3.63, 3.8) is 0 Å². The number of aromatic nitrogens is 3. The van der Waals surface area contributed by atoms with E-state index in [0.29, 0.717) is 39.6 Å². The van der Waals surface area contributed by atoms with Gasteiger partial charge in [-0.2, -0.15) is 15.0 Å². The van der Waals surface area contributed by atoms with Crippen LogP contribution in [0.4, 0.5) is 17.8 Å². The first-order valence-corrected chi connectivity index (χ1v) is 18.1. The van der Waals surface area contributed by atoms with Gasteiger partial charge in [0.1, 0.15) is 0 Å². The number of rotatable bonds is 33. The molecule has 0 aliphatic carbocycles. The molecule has 0 radical (unpaired) electrons. The zero-order valence-electron chi connectivity index (χ0n) is 29.6. The van der Waals surface area contributed by atoms with Crippen molar-refractivity contribution in [1.82, 2.24) is 15.0 Å². The fraction of sp³-hybridized carbons (Fsp3) is 0.909. The normalized spacial score (nSPS) is 11.3. The maximum absolute atomic E-state index is 6.09. The summed E-state index contributed by atoms with van der Waals surface area (Å²) >= 11 is 0. The fourth-order valence-corrected chi connectivity index (χ4v) is 4.04. The maximum Gasteiger partial charge on any atom is 0.284 e. The van der Waals surface area contributed by atoms with Gasteiger partial charge in [-0.15, -0.1) is 0 Å². The zero-order valence-corrected chi connectivity index (χ0v) is 29.6. The monoisotopic (exact) mass is 643 g/mol. The predicted octanol–water partition coefficient (Wildman–Crippen LogP) is 9.02. The van der Waals surface area contributed by atoms with Gasteiger partial charge in [-0.25, -0.2) is 29.0 Å². The van der Waals surface area contributed by atoms with Crippen LogP contribution in [-0.2, 0) is 29.0 Å². The van der Waals surface area contributed by atoms with Crippen molar-refractivity contribution in [2.45, 2.75) is 157 Å². The SMILES string of the molecule is CCCCCON(OCCCCC)c1nc(N(OCCCCC)OCCCCC)nc(N(OCCCCC)OCCCCC)n1. The van der Waals surface area contributed by atoms with Gasteiger partial charge < -0.3 is 0 Å². The van der Waals surface area contributed by atoms with E-state index in [1.54, 1.807) is 0 Å². The highest BCUT2D eigenvalue weighted by Gasteiger charge is 2.24. The van der Waals surface area contributed by atoms with E-state index in [2.05, 4.69) is 41.5 Å². The van der Waals surface area contributed by atoms with Crippen LogP contribution in [0.3, 0.4) is 0 Å². The molecule has 0 aromatic carbocycles. The molecule has 12 heteroatoms. The number of nitrogens with zero attached hydrogens (tertiary/aromatic N) is 6. The highest BCUT2D eigenvalue weighted by Crippen LogP contribution is 2.23. The Morgan fingerprint density at radius 1 is 0.311 bits per heavy atom. The molecule has 0 amide bonds. The largest absolute Gasteiger partial charge is 0.284 e. The van der Waals surface area contributed by atoms with E-state index in [0.717, 1.165) is 116 Å². The van der Waals surface area contributed by atoms with Crippen LogP contribution in [0.25, 0.3) is 0 Å². The smallest absolute Gasteiger partial charge is 0.246 e. The average Bonchev–Trinajstić information content (AvgIpc) is 3.06. The molecule has 0 unspecified atom stereocenters. The quantitative estimate of drug-likeness (QED) is 0.0540. The van der Waals surface area contributed by atoms with Crippen LogP contribution in [0.5, 0.6) is 0 Å². The summed E-state index contributed by atoms with van der Waals surface area (Å²) in [4.78, 5) is 50.7. The number of unbranched alkanes of at least 4 members (excludes halogenated alkanes) is 12. The minimum absolute atomic E-state index is 0.168. The Hall–Kier alpha value is -1.83. The van der Waals surface area contributed by atoms with Crippen molar-refractivity contribution in [3.8, 4) is 0 Å². The van der Waals surface area contributed by atoms with Crippen LogP contribution < -0.4 is 15.7 Å². The van der Waals surface area contributed by atoms with E-state index in [9.17, 15) is 0 Å². The molecule has 0 aliphatic heterocycles. The molecule has 0 bridgehead atoms. The van der Waals surface area contributed by atoms with Crippen molar-refractivity contribution >= 4 is 17.8 Å². The Labute approximate surface area is 274 Å². The van der Waals surface area contributed by atoms with Gasteiger partial charge in [0.25, 0.3) is 17.8 Å². The van der Waals surface area contributed by atoms with E-state index in [4.69, 9.17) is 44.0 Å². The summed E-state index contributed by atoms with van der Waals surface area (Å²) in [5.74, 6) is 0.505. The molecule has 12 nitrogen and oxygen atoms in total. The minimum Gasteiger partial charge on any atom is -0.246 e. The summed E-state index contributed by atoms with van der Waals surface area (Å²) in [7, 11) is 0. The van der Waals surface area contributed by atoms with Crippen LogP contribution in [0.15, 0.2) is 0 Å². The van der Waals surface area contributed by atoms with Crippen LogP contribution >= 0.6 is 0 Å². The van der Waals surface area contributed by atoms with Gasteiger partial charge >= 0.3 is 0 Å². The molecule has 0 N–H and O–H groups in total. The molecule has 0 fully saturated rings. The van der Waals surface area contributed by atoms with Gasteiger partial charge in [0, 0.05) is 0 Å². The van der Waals surface area contributed by atoms with Crippen LogP contribution in [-0.4, -0.2) is 54.6 Å². The Kier molecular flexibility index (Phi) is 27.1. The first kappa shape index (κ1) is 41.2. The lowest BCUT2D eigenvalue weighted by molar-refractivity contribution is -0.103. The van der Waals surface area contributed by atoms with Gasteiger partial charge in [0.2, 0.25) is 0 Å².